The standard InChI is InChI=1S/C22H16ClF2N3O2.C16H13ClF2N2O.C6H5NO2.ClH/c23-15-11-12(4-7-16(15)24)27-21(29)14-5-8-17(25)20-13(14)6-9-18(20)28-22(30)19-3-1-2-10-26-19;17-11-7-8(1-4-12(11)18)21-16(22)10-2-5-13(19)15-9(10)3-6-14(15)20;8-6(9)5-3-1-2-4-7-5;/h1-5,7-8,10-11,18H,6,9H2,(H,27,29)(H,28,30);1-2,4-5,7,14H,3,6,20H2,(H,21,22);1-4H,(H,8,9);1H/t18-;14-;;/m00../s1. The highest BCUT2D eigenvalue weighted by Gasteiger charge is 2.32. The van der Waals surface area contributed by atoms with Crippen molar-refractivity contribution >= 4 is 70.7 Å². The van der Waals surface area contributed by atoms with Crippen molar-refractivity contribution in [2.75, 3.05) is 10.6 Å². The number of anilines is 2. The Kier molecular flexibility index (Phi) is 15.8. The largest absolute Gasteiger partial charge is 0.477 e. The van der Waals surface area contributed by atoms with Gasteiger partial charge in [0.05, 0.1) is 16.1 Å². The molecule has 0 bridgehead atoms. The van der Waals surface area contributed by atoms with Crippen LogP contribution in [0.3, 0.4) is 0 Å². The summed E-state index contributed by atoms with van der Waals surface area (Å²) in [7, 11) is 0. The second-order valence-electron chi connectivity index (χ2n) is 13.6. The molecule has 8 rings (SSSR count). The zero-order valence-corrected chi connectivity index (χ0v) is 34.4. The van der Waals surface area contributed by atoms with Crippen molar-refractivity contribution in [3.63, 3.8) is 0 Å². The number of carboxylic acids is 1. The Labute approximate surface area is 368 Å². The van der Waals surface area contributed by atoms with Gasteiger partial charge >= 0.3 is 5.97 Å². The number of halogens is 7. The third-order valence-electron chi connectivity index (χ3n) is 9.65. The number of nitrogens with two attached hydrogens (primary N) is 1. The molecule has 4 aromatic carbocycles. The molecule has 6 N–H and O–H groups in total. The molecule has 0 unspecified atom stereocenters. The van der Waals surface area contributed by atoms with Crippen LogP contribution < -0.4 is 21.7 Å². The normalized spacial score (nSPS) is 14.3. The number of carbonyl (C=O) groups excluding carboxylic acids is 3. The van der Waals surface area contributed by atoms with Gasteiger partial charge in [0, 0.05) is 52.1 Å². The third-order valence-corrected chi connectivity index (χ3v) is 10.2. The van der Waals surface area contributed by atoms with E-state index in [2.05, 4.69) is 25.9 Å². The average molecular weight is 910 g/mol. The molecule has 0 radical (unpaired) electrons. The van der Waals surface area contributed by atoms with Gasteiger partial charge in [0.2, 0.25) is 0 Å². The molecule has 0 saturated heterocycles. The molecule has 320 valence electrons. The number of aromatic carboxylic acids is 1. The van der Waals surface area contributed by atoms with E-state index in [0.717, 1.165) is 6.07 Å². The fourth-order valence-electron chi connectivity index (χ4n) is 6.80. The van der Waals surface area contributed by atoms with E-state index in [1.54, 1.807) is 30.3 Å². The molecule has 3 amide bonds. The van der Waals surface area contributed by atoms with Crippen LogP contribution >= 0.6 is 35.6 Å². The monoisotopic (exact) mass is 908 g/mol. The fraction of sp³-hybridized carbons (Fsp3) is 0.136. The van der Waals surface area contributed by atoms with Crippen molar-refractivity contribution in [1.29, 1.82) is 0 Å². The van der Waals surface area contributed by atoms with Gasteiger partial charge in [0.15, 0.2) is 0 Å². The van der Waals surface area contributed by atoms with Gasteiger partial charge in [-0.25, -0.2) is 27.3 Å². The number of hydrogen-bond donors (Lipinski definition) is 5. The lowest BCUT2D eigenvalue weighted by Gasteiger charge is -2.16. The summed E-state index contributed by atoms with van der Waals surface area (Å²) in [5.41, 5.74) is 9.43. The van der Waals surface area contributed by atoms with Gasteiger partial charge < -0.3 is 26.8 Å². The maximum atomic E-state index is 14.6. The Hall–Kier alpha value is -6.39. The first-order valence-corrected chi connectivity index (χ1v) is 19.2. The number of carboxylic acid groups (broad SMARTS) is 1. The molecule has 2 aromatic heterocycles. The fourth-order valence-corrected chi connectivity index (χ4v) is 7.16. The van der Waals surface area contributed by atoms with Crippen molar-refractivity contribution in [2.24, 2.45) is 5.73 Å². The molecule has 0 aliphatic heterocycles. The van der Waals surface area contributed by atoms with Crippen molar-refractivity contribution < 1.29 is 41.8 Å². The van der Waals surface area contributed by atoms with Crippen LogP contribution in [-0.2, 0) is 12.8 Å². The summed E-state index contributed by atoms with van der Waals surface area (Å²) in [5, 5.41) is 16.2. The maximum Gasteiger partial charge on any atom is 0.354 e. The summed E-state index contributed by atoms with van der Waals surface area (Å²) in [6.45, 7) is 0. The van der Waals surface area contributed by atoms with Gasteiger partial charge in [-0.1, -0.05) is 35.3 Å². The van der Waals surface area contributed by atoms with Gasteiger partial charge in [0.25, 0.3) is 17.7 Å². The highest BCUT2D eigenvalue weighted by molar-refractivity contribution is 6.31. The smallest absolute Gasteiger partial charge is 0.354 e. The molecule has 0 saturated carbocycles. The average Bonchev–Trinajstić information content (AvgIpc) is 3.86. The van der Waals surface area contributed by atoms with E-state index in [4.69, 9.17) is 34.0 Å². The number of nitrogens with zero attached hydrogens (tertiary/aromatic N) is 2. The van der Waals surface area contributed by atoms with Gasteiger partial charge in [-0.05, 0) is 122 Å². The number of nitrogens with one attached hydrogen (secondary N) is 3. The lowest BCUT2D eigenvalue weighted by atomic mass is 10.0. The van der Waals surface area contributed by atoms with Crippen LogP contribution in [0.4, 0.5) is 28.9 Å². The first kappa shape index (κ1) is 46.7. The molecule has 0 fully saturated rings. The Morgan fingerprint density at radius 3 is 1.55 bits per heavy atom. The lowest BCUT2D eigenvalue weighted by Crippen LogP contribution is -2.28. The van der Waals surface area contributed by atoms with Crippen LogP contribution in [0.1, 0.15) is 88.9 Å². The Morgan fingerprint density at radius 2 is 1.08 bits per heavy atom. The van der Waals surface area contributed by atoms with Crippen molar-refractivity contribution in [3.05, 3.63) is 188 Å². The maximum absolute atomic E-state index is 14.6. The highest BCUT2D eigenvalue weighted by Crippen LogP contribution is 2.37. The van der Waals surface area contributed by atoms with E-state index in [1.807, 2.05) is 0 Å². The van der Waals surface area contributed by atoms with E-state index >= 15 is 0 Å². The number of rotatable bonds is 7. The zero-order chi connectivity index (χ0) is 43.8. The minimum Gasteiger partial charge on any atom is -0.477 e. The first-order chi connectivity index (χ1) is 29.2. The molecule has 2 aliphatic rings. The molecule has 0 spiro atoms. The third kappa shape index (κ3) is 11.1. The van der Waals surface area contributed by atoms with Crippen LogP contribution in [0.15, 0.2) is 109 Å². The second-order valence-corrected chi connectivity index (χ2v) is 14.4. The van der Waals surface area contributed by atoms with Gasteiger partial charge in [-0.15, -0.1) is 12.4 Å². The summed E-state index contributed by atoms with van der Waals surface area (Å²) in [6, 6.07) is 21.8. The van der Waals surface area contributed by atoms with Crippen molar-refractivity contribution in [1.82, 2.24) is 15.3 Å². The van der Waals surface area contributed by atoms with E-state index in [9.17, 15) is 36.7 Å². The van der Waals surface area contributed by atoms with Gasteiger partial charge in [0.1, 0.15) is 34.7 Å². The van der Waals surface area contributed by atoms with E-state index in [1.165, 1.54) is 73.1 Å². The summed E-state index contributed by atoms with van der Waals surface area (Å²) in [6.07, 6.45) is 5.00. The lowest BCUT2D eigenvalue weighted by molar-refractivity contribution is 0.0689. The topological polar surface area (TPSA) is 176 Å². The second kappa shape index (κ2) is 20.9. The molecular weight excluding hydrogens is 875 g/mol. The Bertz CT molecular complexity index is 2630. The highest BCUT2D eigenvalue weighted by atomic mass is 35.5. The molecule has 62 heavy (non-hydrogen) atoms. The number of pyridine rings is 2. The predicted molar refractivity (Wildman–Crippen MR) is 228 cm³/mol. The Balaban J connectivity index is 0.000000198. The minimum atomic E-state index is -0.990. The Morgan fingerprint density at radius 1 is 0.613 bits per heavy atom. The molecule has 2 heterocycles. The molecule has 11 nitrogen and oxygen atoms in total. The number of benzene rings is 4. The SMILES string of the molecule is Cl.N[C@H]1CCc2c(C(=O)Nc3ccc(F)c(Cl)c3)ccc(F)c21.O=C(N[C@H]1CCc2c(C(=O)Nc3ccc(F)c(Cl)c3)ccc(F)c21)c1ccccn1.O=C(O)c1ccccn1. The van der Waals surface area contributed by atoms with E-state index < -0.39 is 47.2 Å². The number of aromatic nitrogens is 2. The predicted octanol–water partition coefficient (Wildman–Crippen LogP) is 9.70. The first-order valence-electron chi connectivity index (χ1n) is 18.5. The summed E-state index contributed by atoms with van der Waals surface area (Å²) < 4.78 is 54.9. The molecule has 6 aromatic rings. The van der Waals surface area contributed by atoms with Crippen LogP contribution in [0.2, 0.25) is 10.0 Å². The quantitative estimate of drug-likeness (QED) is 0.0984. The van der Waals surface area contributed by atoms with Crippen LogP contribution in [0, 0.1) is 23.3 Å². The van der Waals surface area contributed by atoms with Gasteiger partial charge in [-0.3, -0.25) is 19.4 Å². The summed E-state index contributed by atoms with van der Waals surface area (Å²) in [4.78, 5) is 55.3. The molecule has 2 atom stereocenters. The van der Waals surface area contributed by atoms with Crippen LogP contribution in [-0.4, -0.2) is 38.8 Å². The van der Waals surface area contributed by atoms with E-state index in [-0.39, 0.29) is 45.7 Å². The number of hydrogen-bond acceptors (Lipinski definition) is 7. The molecule has 2 aliphatic carbocycles. The number of carbonyl (C=O) groups is 4. The number of amides is 3. The summed E-state index contributed by atoms with van der Waals surface area (Å²) in [5.74, 6) is -4.30. The zero-order valence-electron chi connectivity index (χ0n) is 32.1. The van der Waals surface area contributed by atoms with Crippen molar-refractivity contribution in [2.45, 2.75) is 37.8 Å². The van der Waals surface area contributed by atoms with Crippen LogP contribution in [0.25, 0.3) is 0 Å². The summed E-state index contributed by atoms with van der Waals surface area (Å²) >= 11 is 11.4. The van der Waals surface area contributed by atoms with Crippen LogP contribution in [0.5, 0.6) is 0 Å². The molecule has 18 heteroatoms. The molecular formula is C44H35Cl3F4N6O5. The van der Waals surface area contributed by atoms with Crippen molar-refractivity contribution in [3.8, 4) is 0 Å². The van der Waals surface area contributed by atoms with Gasteiger partial charge in [-0.2, -0.15) is 0 Å². The van der Waals surface area contributed by atoms with E-state index in [0.29, 0.717) is 70.4 Å². The number of fused-ring (bicyclic) bond motifs is 2. The minimum absolute atomic E-state index is 0.